The van der Waals surface area contributed by atoms with Crippen molar-refractivity contribution in [3.63, 3.8) is 0 Å². The van der Waals surface area contributed by atoms with Crippen LogP contribution in [0.4, 0.5) is 14.9 Å². The number of rotatable bonds is 7. The molecule has 1 aromatic heterocycles. The number of carbonyl (C=O) groups is 2. The number of aryl methyl sites for hydroxylation is 2. The van der Waals surface area contributed by atoms with Crippen LogP contribution in [-0.2, 0) is 12.8 Å². The molecule has 190 valence electrons. The van der Waals surface area contributed by atoms with Crippen LogP contribution in [0.15, 0.2) is 85.2 Å². The second-order valence-corrected chi connectivity index (χ2v) is 9.03. The van der Waals surface area contributed by atoms with E-state index in [1.807, 2.05) is 44.2 Å². The van der Waals surface area contributed by atoms with Crippen molar-refractivity contribution < 1.29 is 14.0 Å². The Morgan fingerprint density at radius 2 is 1.71 bits per heavy atom. The zero-order chi connectivity index (χ0) is 26.9. The van der Waals surface area contributed by atoms with Crippen molar-refractivity contribution in [2.45, 2.75) is 26.7 Å². The first kappa shape index (κ1) is 26.3. The maximum absolute atomic E-state index is 13.3. The SMILES string of the molecule is Cc1ccc(CC(=O)c2ccc(NC(=O)NCCc3cccnc3)cc2C#Cc2ccc(F)cc2)cc1C. The van der Waals surface area contributed by atoms with Gasteiger partial charge in [0.1, 0.15) is 5.82 Å². The van der Waals surface area contributed by atoms with E-state index < -0.39 is 0 Å². The molecule has 38 heavy (non-hydrogen) atoms. The lowest BCUT2D eigenvalue weighted by Crippen LogP contribution is -2.30. The molecule has 2 N–H and O–H groups in total. The Labute approximate surface area is 222 Å². The number of hydrogen-bond donors (Lipinski definition) is 2. The number of carbonyl (C=O) groups excluding carboxylic acids is 2. The highest BCUT2D eigenvalue weighted by molar-refractivity contribution is 6.01. The molecule has 0 bridgehead atoms. The summed E-state index contributed by atoms with van der Waals surface area (Å²) in [4.78, 5) is 29.8. The van der Waals surface area contributed by atoms with E-state index >= 15 is 0 Å². The van der Waals surface area contributed by atoms with Gasteiger partial charge < -0.3 is 10.6 Å². The fourth-order valence-electron chi connectivity index (χ4n) is 3.88. The van der Waals surface area contributed by atoms with E-state index in [1.165, 1.54) is 17.7 Å². The molecule has 0 atom stereocenters. The summed E-state index contributed by atoms with van der Waals surface area (Å²) in [5, 5.41) is 5.64. The zero-order valence-electron chi connectivity index (χ0n) is 21.3. The lowest BCUT2D eigenvalue weighted by atomic mass is 9.96. The van der Waals surface area contributed by atoms with Gasteiger partial charge in [0.2, 0.25) is 0 Å². The van der Waals surface area contributed by atoms with E-state index in [0.29, 0.717) is 35.3 Å². The Hall–Kier alpha value is -4.76. The summed E-state index contributed by atoms with van der Waals surface area (Å²) in [7, 11) is 0. The van der Waals surface area contributed by atoms with Crippen molar-refractivity contribution >= 4 is 17.5 Å². The monoisotopic (exact) mass is 505 g/mol. The molecule has 0 aliphatic carbocycles. The number of urea groups is 1. The number of nitrogens with zero attached hydrogens (tertiary/aromatic N) is 1. The molecule has 0 aliphatic rings. The van der Waals surface area contributed by atoms with E-state index in [2.05, 4.69) is 27.5 Å². The molecule has 1 heterocycles. The third-order valence-electron chi connectivity index (χ3n) is 6.12. The first-order valence-electron chi connectivity index (χ1n) is 12.3. The van der Waals surface area contributed by atoms with E-state index in [9.17, 15) is 14.0 Å². The molecule has 0 radical (unpaired) electrons. The van der Waals surface area contributed by atoms with Crippen molar-refractivity contribution in [3.8, 4) is 11.8 Å². The van der Waals surface area contributed by atoms with Crippen LogP contribution in [0.2, 0.25) is 0 Å². The Kier molecular flexibility index (Phi) is 8.63. The van der Waals surface area contributed by atoms with Crippen LogP contribution < -0.4 is 10.6 Å². The smallest absolute Gasteiger partial charge is 0.319 e. The number of aromatic nitrogens is 1. The standard InChI is InChI=1S/C32H28FN3O2/c1-22-5-6-26(18-23(22)2)19-31(37)30-14-13-29(20-27(30)10-7-24-8-11-28(33)12-9-24)36-32(38)35-17-15-25-4-3-16-34-21-25/h3-6,8-9,11-14,16,18,20-21H,15,17,19H2,1-2H3,(H2,35,36,38). The molecule has 0 saturated carbocycles. The highest BCUT2D eigenvalue weighted by Crippen LogP contribution is 2.19. The highest BCUT2D eigenvalue weighted by Gasteiger charge is 2.14. The molecule has 4 aromatic rings. The van der Waals surface area contributed by atoms with Crippen molar-refractivity contribution in [1.29, 1.82) is 0 Å². The van der Waals surface area contributed by atoms with Gasteiger partial charge in [0, 0.05) is 47.7 Å². The van der Waals surface area contributed by atoms with E-state index in [0.717, 1.165) is 16.7 Å². The van der Waals surface area contributed by atoms with Crippen molar-refractivity contribution in [2.24, 2.45) is 0 Å². The first-order valence-corrected chi connectivity index (χ1v) is 12.3. The number of Topliss-reactive ketones (excluding diaryl/α,β-unsaturated/α-hetero) is 1. The number of ketones is 1. The maximum Gasteiger partial charge on any atom is 0.319 e. The topological polar surface area (TPSA) is 71.1 Å². The van der Waals surface area contributed by atoms with Gasteiger partial charge in [-0.2, -0.15) is 0 Å². The predicted octanol–water partition coefficient (Wildman–Crippen LogP) is 6.03. The molecule has 2 amide bonds. The number of benzene rings is 3. The Morgan fingerprint density at radius 3 is 2.45 bits per heavy atom. The third kappa shape index (κ3) is 7.37. The van der Waals surface area contributed by atoms with Crippen LogP contribution in [0.1, 0.15) is 43.7 Å². The largest absolute Gasteiger partial charge is 0.338 e. The number of nitrogens with one attached hydrogen (secondary N) is 2. The minimum atomic E-state index is -0.361. The van der Waals surface area contributed by atoms with Crippen LogP contribution in [0, 0.1) is 31.5 Å². The predicted molar refractivity (Wildman–Crippen MR) is 148 cm³/mol. The van der Waals surface area contributed by atoms with Crippen LogP contribution in [0.3, 0.4) is 0 Å². The van der Waals surface area contributed by atoms with Crippen molar-refractivity contribution in [3.05, 3.63) is 130 Å². The van der Waals surface area contributed by atoms with E-state index in [4.69, 9.17) is 0 Å². The molecule has 0 aliphatic heterocycles. The zero-order valence-corrected chi connectivity index (χ0v) is 21.3. The van der Waals surface area contributed by atoms with Gasteiger partial charge >= 0.3 is 6.03 Å². The van der Waals surface area contributed by atoms with Crippen molar-refractivity contribution in [2.75, 3.05) is 11.9 Å². The normalized spacial score (nSPS) is 10.3. The number of amides is 2. The van der Waals surface area contributed by atoms with Crippen LogP contribution in [0.5, 0.6) is 0 Å². The Bertz CT molecular complexity index is 1500. The second kappa shape index (κ2) is 12.5. The lowest BCUT2D eigenvalue weighted by molar-refractivity contribution is 0.0992. The molecule has 0 spiro atoms. The van der Waals surface area contributed by atoms with Crippen molar-refractivity contribution in [1.82, 2.24) is 10.3 Å². The van der Waals surface area contributed by atoms with E-state index in [1.54, 1.807) is 42.7 Å². The quantitative estimate of drug-likeness (QED) is 0.238. The second-order valence-electron chi connectivity index (χ2n) is 9.03. The van der Waals surface area contributed by atoms with Gasteiger partial charge in [-0.3, -0.25) is 9.78 Å². The highest BCUT2D eigenvalue weighted by atomic mass is 19.1. The summed E-state index contributed by atoms with van der Waals surface area (Å²) < 4.78 is 13.3. The fourth-order valence-corrected chi connectivity index (χ4v) is 3.88. The number of anilines is 1. The average Bonchev–Trinajstić information content (AvgIpc) is 2.91. The average molecular weight is 506 g/mol. The molecular weight excluding hydrogens is 477 g/mol. The maximum atomic E-state index is 13.3. The van der Waals surface area contributed by atoms with Gasteiger partial charge in [-0.05, 0) is 91.1 Å². The molecule has 4 rings (SSSR count). The van der Waals surface area contributed by atoms with Crippen LogP contribution in [0.25, 0.3) is 0 Å². The molecule has 3 aromatic carbocycles. The van der Waals surface area contributed by atoms with E-state index in [-0.39, 0.29) is 24.1 Å². The minimum Gasteiger partial charge on any atom is -0.338 e. The van der Waals surface area contributed by atoms with Crippen LogP contribution >= 0.6 is 0 Å². The lowest BCUT2D eigenvalue weighted by Gasteiger charge is -2.11. The van der Waals surface area contributed by atoms with Crippen LogP contribution in [-0.4, -0.2) is 23.3 Å². The molecule has 5 nitrogen and oxygen atoms in total. The van der Waals surface area contributed by atoms with Gasteiger partial charge in [-0.25, -0.2) is 9.18 Å². The van der Waals surface area contributed by atoms with Gasteiger partial charge in [-0.15, -0.1) is 0 Å². The summed E-state index contributed by atoms with van der Waals surface area (Å²) in [5.41, 5.74) is 6.31. The Morgan fingerprint density at radius 1 is 0.895 bits per heavy atom. The summed E-state index contributed by atoms with van der Waals surface area (Å²) in [6, 6.07) is 20.3. The number of halogens is 1. The molecule has 0 unspecified atom stereocenters. The third-order valence-corrected chi connectivity index (χ3v) is 6.12. The van der Waals surface area contributed by atoms with Gasteiger partial charge in [0.15, 0.2) is 5.78 Å². The summed E-state index contributed by atoms with van der Waals surface area (Å²) in [6.45, 7) is 4.50. The molecule has 6 heteroatoms. The molecule has 0 saturated heterocycles. The molecule has 0 fully saturated rings. The Balaban J connectivity index is 1.52. The van der Waals surface area contributed by atoms with Gasteiger partial charge in [0.25, 0.3) is 0 Å². The van der Waals surface area contributed by atoms with Gasteiger partial charge in [0.05, 0.1) is 0 Å². The fraction of sp³-hybridized carbons (Fsp3) is 0.156. The minimum absolute atomic E-state index is 0.0795. The summed E-state index contributed by atoms with van der Waals surface area (Å²) in [5.74, 6) is 5.61. The number of hydrogen-bond acceptors (Lipinski definition) is 3. The summed E-state index contributed by atoms with van der Waals surface area (Å²) in [6.07, 6.45) is 4.35. The first-order chi connectivity index (χ1) is 18.4. The number of pyridine rings is 1. The van der Waals surface area contributed by atoms with Gasteiger partial charge in [-0.1, -0.05) is 36.1 Å². The molecular formula is C32H28FN3O2. The summed E-state index contributed by atoms with van der Waals surface area (Å²) >= 11 is 0.